The molecule has 2 N–H and O–H groups in total. The fourth-order valence-corrected chi connectivity index (χ4v) is 4.31. The predicted molar refractivity (Wildman–Crippen MR) is 112 cm³/mol. The molecule has 0 saturated carbocycles. The molecular weight excluding hydrogens is 422 g/mol. The van der Waals surface area contributed by atoms with Crippen LogP contribution >= 0.6 is 15.9 Å². The molecule has 6 nitrogen and oxygen atoms in total. The molecule has 2 amide bonds. The number of anilines is 2. The number of carbonyl (C=O) groups excluding carboxylic acids is 2. The third kappa shape index (κ3) is 3.58. The minimum absolute atomic E-state index is 0.0173. The second kappa shape index (κ2) is 7.83. The maximum absolute atomic E-state index is 12.7. The molecule has 1 fully saturated rings. The van der Waals surface area contributed by atoms with Gasteiger partial charge in [0.1, 0.15) is 11.8 Å². The molecule has 0 spiro atoms. The average molecular weight is 444 g/mol. The van der Waals surface area contributed by atoms with Crippen LogP contribution in [0.1, 0.15) is 35.2 Å². The monoisotopic (exact) mass is 443 g/mol. The maximum atomic E-state index is 12.7. The van der Waals surface area contributed by atoms with Crippen LogP contribution in [0.25, 0.3) is 0 Å². The fourth-order valence-electron chi connectivity index (χ4n) is 3.90. The van der Waals surface area contributed by atoms with E-state index in [1.807, 2.05) is 30.3 Å². The van der Waals surface area contributed by atoms with Crippen LogP contribution in [0.4, 0.5) is 11.4 Å². The molecule has 1 saturated heterocycles. The van der Waals surface area contributed by atoms with Crippen LogP contribution in [0.15, 0.2) is 40.9 Å². The molecule has 2 heterocycles. The Morgan fingerprint density at radius 2 is 2.14 bits per heavy atom. The molecule has 2 aliphatic heterocycles. The Labute approximate surface area is 172 Å². The lowest BCUT2D eigenvalue weighted by molar-refractivity contribution is -0.118. The normalized spacial score (nSPS) is 18.0. The lowest BCUT2D eigenvalue weighted by Gasteiger charge is -2.41. The molecule has 2 aromatic rings. The van der Waals surface area contributed by atoms with Crippen molar-refractivity contribution in [3.63, 3.8) is 0 Å². The zero-order valence-corrected chi connectivity index (χ0v) is 17.2. The van der Waals surface area contributed by atoms with Crippen molar-refractivity contribution < 1.29 is 14.3 Å². The van der Waals surface area contributed by atoms with Crippen LogP contribution in [0.3, 0.4) is 0 Å². The summed E-state index contributed by atoms with van der Waals surface area (Å²) in [6.07, 6.45) is 3.03. The molecule has 0 unspecified atom stereocenters. The number of fused-ring (bicyclic) bond motifs is 3. The first-order chi connectivity index (χ1) is 13.6. The zero-order chi connectivity index (χ0) is 19.7. The van der Waals surface area contributed by atoms with E-state index in [0.717, 1.165) is 47.3 Å². The van der Waals surface area contributed by atoms with Gasteiger partial charge < -0.3 is 20.3 Å². The molecule has 7 heteroatoms. The van der Waals surface area contributed by atoms with Gasteiger partial charge in [-0.05, 0) is 55.7 Å². The molecule has 0 bridgehead atoms. The zero-order valence-electron chi connectivity index (χ0n) is 15.6. The highest BCUT2D eigenvalue weighted by molar-refractivity contribution is 9.10. The second-order valence-electron chi connectivity index (χ2n) is 7.06. The van der Waals surface area contributed by atoms with Gasteiger partial charge in [-0.15, -0.1) is 0 Å². The third-order valence-electron chi connectivity index (χ3n) is 5.31. The van der Waals surface area contributed by atoms with E-state index in [-0.39, 0.29) is 17.9 Å². The van der Waals surface area contributed by atoms with E-state index in [0.29, 0.717) is 17.8 Å². The van der Waals surface area contributed by atoms with Crippen molar-refractivity contribution >= 4 is 39.1 Å². The molecule has 2 aromatic carbocycles. The van der Waals surface area contributed by atoms with E-state index >= 15 is 0 Å². The van der Waals surface area contributed by atoms with Gasteiger partial charge in [-0.25, -0.2) is 0 Å². The number of amides is 2. The van der Waals surface area contributed by atoms with E-state index in [2.05, 4.69) is 31.5 Å². The Kier molecular flexibility index (Phi) is 5.26. The molecule has 0 radical (unpaired) electrons. The van der Waals surface area contributed by atoms with Crippen molar-refractivity contribution in [2.45, 2.75) is 31.8 Å². The number of hydrogen-bond acceptors (Lipinski definition) is 4. The van der Waals surface area contributed by atoms with Crippen LogP contribution in [0, 0.1) is 0 Å². The molecule has 0 aliphatic carbocycles. The van der Waals surface area contributed by atoms with Gasteiger partial charge in [0.25, 0.3) is 5.91 Å². The van der Waals surface area contributed by atoms with Gasteiger partial charge in [-0.3, -0.25) is 9.59 Å². The first-order valence-corrected chi connectivity index (χ1v) is 10.2. The van der Waals surface area contributed by atoms with Gasteiger partial charge in [0.05, 0.1) is 18.5 Å². The Hall–Kier alpha value is -2.54. The van der Waals surface area contributed by atoms with Gasteiger partial charge in [0.15, 0.2) is 0 Å². The summed E-state index contributed by atoms with van der Waals surface area (Å²) in [5, 5.41) is 5.89. The van der Waals surface area contributed by atoms with Gasteiger partial charge in [-0.1, -0.05) is 15.9 Å². The molecule has 0 aromatic heterocycles. The van der Waals surface area contributed by atoms with E-state index in [1.54, 1.807) is 13.2 Å². The van der Waals surface area contributed by atoms with Crippen molar-refractivity contribution in [2.24, 2.45) is 0 Å². The van der Waals surface area contributed by atoms with Gasteiger partial charge in [-0.2, -0.15) is 0 Å². The molecular formula is C21H22BrN3O3. The van der Waals surface area contributed by atoms with Gasteiger partial charge >= 0.3 is 0 Å². The number of piperidine rings is 1. The summed E-state index contributed by atoms with van der Waals surface area (Å²) in [4.78, 5) is 27.2. The summed E-state index contributed by atoms with van der Waals surface area (Å²) in [6, 6.07) is 11.1. The SMILES string of the molecule is COc1ccc(Br)cc1CNC(=O)c1ccc2c(c1)NC(=O)[C@@H]1CCCCN21. The summed E-state index contributed by atoms with van der Waals surface area (Å²) in [7, 11) is 1.61. The Morgan fingerprint density at radius 1 is 1.29 bits per heavy atom. The van der Waals surface area contributed by atoms with E-state index < -0.39 is 0 Å². The highest BCUT2D eigenvalue weighted by atomic mass is 79.9. The van der Waals surface area contributed by atoms with Crippen molar-refractivity contribution in [3.05, 3.63) is 52.0 Å². The number of methoxy groups -OCH3 is 1. The minimum atomic E-state index is -0.195. The molecule has 146 valence electrons. The van der Waals surface area contributed by atoms with Crippen LogP contribution in [0.2, 0.25) is 0 Å². The summed E-state index contributed by atoms with van der Waals surface area (Å²) in [6.45, 7) is 1.22. The maximum Gasteiger partial charge on any atom is 0.251 e. The smallest absolute Gasteiger partial charge is 0.251 e. The predicted octanol–water partition coefficient (Wildman–Crippen LogP) is 3.70. The van der Waals surface area contributed by atoms with Crippen LogP contribution < -0.4 is 20.3 Å². The lowest BCUT2D eigenvalue weighted by atomic mass is 9.97. The summed E-state index contributed by atoms with van der Waals surface area (Å²) >= 11 is 3.44. The number of ether oxygens (including phenoxy) is 1. The average Bonchev–Trinajstić information content (AvgIpc) is 2.72. The second-order valence-corrected chi connectivity index (χ2v) is 7.98. The standard InChI is InChI=1S/C21H22BrN3O3/c1-28-19-8-6-15(22)10-14(19)12-23-20(26)13-5-7-17-16(11-13)24-21(27)18-4-2-3-9-25(17)18/h5-8,10-11,18H,2-4,9,12H2,1H3,(H,23,26)(H,24,27)/t18-/m0/s1. The first-order valence-electron chi connectivity index (χ1n) is 9.39. The van der Waals surface area contributed by atoms with E-state index in [1.165, 1.54) is 0 Å². The molecule has 1 atom stereocenters. The van der Waals surface area contributed by atoms with Crippen molar-refractivity contribution in [2.75, 3.05) is 23.9 Å². The first kappa shape index (κ1) is 18.8. The largest absolute Gasteiger partial charge is 0.496 e. The number of halogens is 1. The Morgan fingerprint density at radius 3 is 2.96 bits per heavy atom. The quantitative estimate of drug-likeness (QED) is 0.755. The van der Waals surface area contributed by atoms with E-state index in [4.69, 9.17) is 4.74 Å². The number of carbonyl (C=O) groups is 2. The Bertz CT molecular complexity index is 931. The molecule has 2 aliphatic rings. The lowest BCUT2D eigenvalue weighted by Crippen LogP contribution is -2.50. The van der Waals surface area contributed by atoms with Crippen LogP contribution in [-0.4, -0.2) is 31.5 Å². The van der Waals surface area contributed by atoms with Gasteiger partial charge in [0.2, 0.25) is 5.91 Å². The fraction of sp³-hybridized carbons (Fsp3) is 0.333. The number of rotatable bonds is 4. The number of nitrogens with one attached hydrogen (secondary N) is 2. The number of benzene rings is 2. The topological polar surface area (TPSA) is 70.7 Å². The van der Waals surface area contributed by atoms with Crippen molar-refractivity contribution in [3.8, 4) is 5.75 Å². The Balaban J connectivity index is 1.51. The molecule has 28 heavy (non-hydrogen) atoms. The van der Waals surface area contributed by atoms with Crippen molar-refractivity contribution in [1.29, 1.82) is 0 Å². The molecule has 4 rings (SSSR count). The summed E-state index contributed by atoms with van der Waals surface area (Å²) in [5.74, 6) is 0.542. The van der Waals surface area contributed by atoms with Crippen LogP contribution in [-0.2, 0) is 11.3 Å². The highest BCUT2D eigenvalue weighted by Gasteiger charge is 2.34. The van der Waals surface area contributed by atoms with Crippen molar-refractivity contribution in [1.82, 2.24) is 5.32 Å². The summed E-state index contributed by atoms with van der Waals surface area (Å²) in [5.41, 5.74) is 3.10. The van der Waals surface area contributed by atoms with Crippen LogP contribution in [0.5, 0.6) is 5.75 Å². The third-order valence-corrected chi connectivity index (χ3v) is 5.81. The summed E-state index contributed by atoms with van der Waals surface area (Å²) < 4.78 is 6.27. The van der Waals surface area contributed by atoms with E-state index in [9.17, 15) is 9.59 Å². The highest BCUT2D eigenvalue weighted by Crippen LogP contribution is 2.36. The van der Waals surface area contributed by atoms with Gasteiger partial charge in [0, 0.05) is 28.7 Å². The minimum Gasteiger partial charge on any atom is -0.496 e. The number of hydrogen-bond donors (Lipinski definition) is 2. The number of nitrogens with zero attached hydrogens (tertiary/aromatic N) is 1.